The van der Waals surface area contributed by atoms with Gasteiger partial charge in [-0.2, -0.15) is 0 Å². The minimum Gasteiger partial charge on any atom is -0.477 e. The molecule has 4 heterocycles. The number of hydrogen-bond acceptors (Lipinski definition) is 9. The van der Waals surface area contributed by atoms with E-state index in [0.717, 1.165) is 44.8 Å². The van der Waals surface area contributed by atoms with Gasteiger partial charge in [0.15, 0.2) is 0 Å². The molecule has 0 spiro atoms. The number of fused-ring (bicyclic) bond motifs is 2. The Morgan fingerprint density at radius 2 is 1.11 bits per heavy atom. The zero-order chi connectivity index (χ0) is 39.3. The first-order valence-corrected chi connectivity index (χ1v) is 18.5. The van der Waals surface area contributed by atoms with Gasteiger partial charge in [0.05, 0.1) is 22.4 Å². The first kappa shape index (κ1) is 37.8. The maximum absolute atomic E-state index is 15.0. The van der Waals surface area contributed by atoms with Crippen molar-refractivity contribution in [3.05, 3.63) is 79.9 Å². The Labute approximate surface area is 314 Å². The lowest BCUT2D eigenvalue weighted by molar-refractivity contribution is 0.0240. The summed E-state index contributed by atoms with van der Waals surface area (Å²) in [6, 6.07) is 5.95. The number of halogens is 2. The summed E-state index contributed by atoms with van der Waals surface area (Å²) >= 11 is 0. The van der Waals surface area contributed by atoms with Crippen molar-refractivity contribution in [2.24, 2.45) is 0 Å². The Hall–Kier alpha value is -5.51. The fourth-order valence-electron chi connectivity index (χ4n) is 7.18. The number of amides is 1. The van der Waals surface area contributed by atoms with E-state index in [4.69, 9.17) is 4.74 Å². The molecular formula is C39H44F2N6O8. The molecule has 2 aromatic carbocycles. The van der Waals surface area contributed by atoms with Crippen LogP contribution < -0.4 is 26.0 Å². The zero-order valence-corrected chi connectivity index (χ0v) is 30.9. The van der Waals surface area contributed by atoms with Crippen LogP contribution in [0.3, 0.4) is 0 Å². The highest BCUT2D eigenvalue weighted by atomic mass is 19.1. The summed E-state index contributed by atoms with van der Waals surface area (Å²) in [6.07, 6.45) is 6.04. The predicted octanol–water partition coefficient (Wildman–Crippen LogP) is 4.81. The second kappa shape index (κ2) is 14.6. The second-order valence-electron chi connectivity index (χ2n) is 15.5. The van der Waals surface area contributed by atoms with Crippen molar-refractivity contribution < 1.29 is 38.1 Å². The number of aromatic carboxylic acids is 2. The van der Waals surface area contributed by atoms with Crippen molar-refractivity contribution >= 4 is 51.2 Å². The van der Waals surface area contributed by atoms with Crippen LogP contribution in [0, 0.1) is 11.6 Å². The number of benzene rings is 2. The van der Waals surface area contributed by atoms with Crippen LogP contribution in [0.15, 0.2) is 46.2 Å². The van der Waals surface area contributed by atoms with E-state index < -0.39 is 46.1 Å². The van der Waals surface area contributed by atoms with Crippen LogP contribution >= 0.6 is 0 Å². The number of nitrogens with one attached hydrogen (secondary N) is 1. The normalized spacial score (nSPS) is 17.6. The highest BCUT2D eigenvalue weighted by Crippen LogP contribution is 2.39. The van der Waals surface area contributed by atoms with Gasteiger partial charge >= 0.3 is 18.0 Å². The monoisotopic (exact) mass is 762 g/mol. The third kappa shape index (κ3) is 7.86. The molecule has 16 heteroatoms. The summed E-state index contributed by atoms with van der Waals surface area (Å²) in [5, 5.41) is 22.1. The average molecular weight is 763 g/mol. The van der Waals surface area contributed by atoms with E-state index in [1.54, 1.807) is 42.4 Å². The first-order valence-electron chi connectivity index (χ1n) is 18.5. The SMILES string of the molecule is CC(C)(C)OC(=O)N1CCN(c2cc3c(cc2F)c(=O)c(C(=O)O)cn3C2CC2)CC1.O=C(O)c1cn(C2CC2)c2cc(N3CCNCC3)c(F)cc2c1=O. The van der Waals surface area contributed by atoms with Crippen LogP contribution in [0.5, 0.6) is 0 Å². The van der Waals surface area contributed by atoms with Crippen LogP contribution in [0.1, 0.15) is 79.3 Å². The molecule has 292 valence electrons. The maximum atomic E-state index is 15.0. The molecule has 4 aromatic rings. The third-order valence-electron chi connectivity index (χ3n) is 10.3. The first-order chi connectivity index (χ1) is 26.1. The number of aromatic nitrogens is 2. The van der Waals surface area contributed by atoms with Gasteiger partial charge in [-0.05, 0) is 70.7 Å². The molecule has 3 N–H and O–H groups in total. The Morgan fingerprint density at radius 1 is 0.691 bits per heavy atom. The van der Waals surface area contributed by atoms with Gasteiger partial charge in [-0.15, -0.1) is 0 Å². The number of rotatable bonds is 6. The molecule has 55 heavy (non-hydrogen) atoms. The van der Waals surface area contributed by atoms with Crippen LogP contribution in [-0.4, -0.2) is 100 Å². The Morgan fingerprint density at radius 3 is 1.49 bits per heavy atom. The Balaban J connectivity index is 0.000000174. The Kier molecular flexibility index (Phi) is 10.0. The molecule has 2 aromatic heterocycles. The minimum atomic E-state index is -1.32. The van der Waals surface area contributed by atoms with E-state index in [-0.39, 0.29) is 34.0 Å². The number of hydrogen-bond donors (Lipinski definition) is 3. The highest BCUT2D eigenvalue weighted by Gasteiger charge is 2.31. The molecule has 0 bridgehead atoms. The lowest BCUT2D eigenvalue weighted by Gasteiger charge is -2.37. The summed E-state index contributed by atoms with van der Waals surface area (Å²) in [6.45, 7) is 10.00. The topological polar surface area (TPSA) is 167 Å². The quantitative estimate of drug-likeness (QED) is 0.247. The van der Waals surface area contributed by atoms with Crippen molar-refractivity contribution in [2.75, 3.05) is 62.2 Å². The van der Waals surface area contributed by atoms with Gasteiger partial charge in [0.2, 0.25) is 10.9 Å². The van der Waals surface area contributed by atoms with Crippen molar-refractivity contribution in [1.29, 1.82) is 0 Å². The molecule has 14 nitrogen and oxygen atoms in total. The van der Waals surface area contributed by atoms with Gasteiger partial charge in [0.1, 0.15) is 28.4 Å². The van der Waals surface area contributed by atoms with E-state index in [9.17, 15) is 38.6 Å². The molecule has 2 saturated heterocycles. The minimum absolute atomic E-state index is 0.0699. The number of carbonyl (C=O) groups excluding carboxylic acids is 1. The molecular weight excluding hydrogens is 718 g/mol. The number of piperazine rings is 2. The molecule has 2 aliphatic carbocycles. The van der Waals surface area contributed by atoms with E-state index in [0.29, 0.717) is 61.7 Å². The number of carboxylic acids is 2. The fraction of sp³-hybridized carbons (Fsp3) is 0.462. The van der Waals surface area contributed by atoms with E-state index in [2.05, 4.69) is 5.32 Å². The molecule has 0 radical (unpaired) electrons. The summed E-state index contributed by atoms with van der Waals surface area (Å²) in [4.78, 5) is 65.5. The summed E-state index contributed by atoms with van der Waals surface area (Å²) in [5.74, 6) is -3.65. The van der Waals surface area contributed by atoms with Gasteiger partial charge < -0.3 is 44.1 Å². The van der Waals surface area contributed by atoms with Crippen molar-refractivity contribution in [3.63, 3.8) is 0 Å². The number of carbonyl (C=O) groups is 3. The van der Waals surface area contributed by atoms with Crippen LogP contribution in [-0.2, 0) is 4.74 Å². The maximum Gasteiger partial charge on any atom is 0.410 e. The Bertz CT molecular complexity index is 2310. The van der Waals surface area contributed by atoms with E-state index in [1.165, 1.54) is 18.5 Å². The van der Waals surface area contributed by atoms with Crippen molar-refractivity contribution in [1.82, 2.24) is 19.4 Å². The molecule has 8 rings (SSSR count). The van der Waals surface area contributed by atoms with Gasteiger partial charge in [0.25, 0.3) is 0 Å². The highest BCUT2D eigenvalue weighted by molar-refractivity contribution is 5.94. The zero-order valence-electron chi connectivity index (χ0n) is 30.9. The number of pyridine rings is 2. The standard InChI is InChI=1S/C22H26FN3O5.C17H18FN3O3/c1-22(2,3)31-21(30)25-8-6-24(7-9-25)18-11-17-14(10-16(18)23)19(27)15(20(28)29)12-26(17)13-4-5-13;18-13-7-11-14(8-15(13)20-5-3-19-4-6-20)21(10-1-2-10)9-12(16(11)22)17(23)24/h10-13H,4-9H2,1-3H3,(H,28,29);7-10,19H,1-6H2,(H,23,24). The molecule has 1 amide bonds. The molecule has 0 atom stereocenters. The molecule has 4 aliphatic rings. The lowest BCUT2D eigenvalue weighted by Crippen LogP contribution is -2.50. The fourth-order valence-corrected chi connectivity index (χ4v) is 7.18. The second-order valence-corrected chi connectivity index (χ2v) is 15.5. The molecule has 2 aliphatic heterocycles. The van der Waals surface area contributed by atoms with Gasteiger partial charge in [-0.25, -0.2) is 23.2 Å². The van der Waals surface area contributed by atoms with Crippen molar-refractivity contribution in [2.45, 2.75) is 64.1 Å². The average Bonchev–Trinajstić information content (AvgIpc) is 4.07. The summed E-state index contributed by atoms with van der Waals surface area (Å²) in [7, 11) is 0. The largest absolute Gasteiger partial charge is 0.477 e. The summed E-state index contributed by atoms with van der Waals surface area (Å²) < 4.78 is 38.6. The van der Waals surface area contributed by atoms with Gasteiger partial charge in [0, 0.05) is 87.6 Å². The third-order valence-corrected chi connectivity index (χ3v) is 10.3. The molecule has 2 saturated carbocycles. The van der Waals surface area contributed by atoms with Crippen LogP contribution in [0.2, 0.25) is 0 Å². The number of ether oxygens (including phenoxy) is 1. The predicted molar refractivity (Wildman–Crippen MR) is 202 cm³/mol. The summed E-state index contributed by atoms with van der Waals surface area (Å²) in [5.41, 5.74) is -0.582. The number of carboxylic acid groups (broad SMARTS) is 2. The van der Waals surface area contributed by atoms with Gasteiger partial charge in [-0.3, -0.25) is 9.59 Å². The van der Waals surface area contributed by atoms with E-state index >= 15 is 4.39 Å². The van der Waals surface area contributed by atoms with Crippen molar-refractivity contribution in [3.8, 4) is 0 Å². The molecule has 0 unspecified atom stereocenters. The molecule has 4 fully saturated rings. The van der Waals surface area contributed by atoms with E-state index in [1.807, 2.05) is 14.4 Å². The lowest BCUT2D eigenvalue weighted by atomic mass is 10.1. The number of anilines is 2. The van der Waals surface area contributed by atoms with Gasteiger partial charge in [-0.1, -0.05) is 0 Å². The smallest absolute Gasteiger partial charge is 0.410 e. The van der Waals surface area contributed by atoms with Crippen LogP contribution in [0.25, 0.3) is 21.8 Å². The van der Waals surface area contributed by atoms with Crippen LogP contribution in [0.4, 0.5) is 25.0 Å². The number of nitrogens with zero attached hydrogens (tertiary/aromatic N) is 5.